The summed E-state index contributed by atoms with van der Waals surface area (Å²) in [5.74, 6) is -0.122. The van der Waals surface area contributed by atoms with Gasteiger partial charge in [0.25, 0.3) is 0 Å². The Bertz CT molecular complexity index is 420. The number of carbonyl (C=O) groups is 1. The molecule has 70 valence electrons. The first-order chi connectivity index (χ1) is 6.77. The van der Waals surface area contributed by atoms with Crippen molar-refractivity contribution in [1.82, 2.24) is 4.98 Å². The summed E-state index contributed by atoms with van der Waals surface area (Å²) in [6, 6.07) is 3.66. The van der Waals surface area contributed by atoms with Crippen molar-refractivity contribution >= 4 is 11.5 Å². The molecule has 2 N–H and O–H groups in total. The lowest BCUT2D eigenvalue weighted by atomic mass is 10.1. The molecule has 1 aliphatic heterocycles. The van der Waals surface area contributed by atoms with Crippen molar-refractivity contribution in [3.8, 4) is 0 Å². The van der Waals surface area contributed by atoms with Crippen molar-refractivity contribution in [3.63, 3.8) is 0 Å². The normalized spacial score (nSPS) is 16.1. The van der Waals surface area contributed by atoms with Crippen molar-refractivity contribution in [1.29, 1.82) is 0 Å². The number of aromatic nitrogens is 1. The van der Waals surface area contributed by atoms with Gasteiger partial charge in [-0.3, -0.25) is 14.8 Å². The Balaban J connectivity index is 2.35. The van der Waals surface area contributed by atoms with Gasteiger partial charge in [-0.2, -0.15) is 0 Å². The Hall–Kier alpha value is -1.97. The molecule has 14 heavy (non-hydrogen) atoms. The van der Waals surface area contributed by atoms with E-state index in [4.69, 9.17) is 5.73 Å². The van der Waals surface area contributed by atoms with Gasteiger partial charge >= 0.3 is 0 Å². The summed E-state index contributed by atoms with van der Waals surface area (Å²) >= 11 is 0. The lowest BCUT2D eigenvalue weighted by Gasteiger charge is -2.08. The molecule has 1 aromatic rings. The third-order valence-corrected chi connectivity index (χ3v) is 1.98. The van der Waals surface area contributed by atoms with E-state index in [1.54, 1.807) is 18.5 Å². The van der Waals surface area contributed by atoms with Crippen LogP contribution in [0, 0.1) is 0 Å². The Morgan fingerprint density at radius 3 is 2.64 bits per heavy atom. The number of aliphatic imine (C=N–C) groups is 1. The van der Waals surface area contributed by atoms with Crippen molar-refractivity contribution in [2.75, 3.05) is 6.54 Å². The molecule has 4 nitrogen and oxygen atoms in total. The van der Waals surface area contributed by atoms with E-state index in [0.29, 0.717) is 0 Å². The molecular weight excluding hydrogens is 178 g/mol. The molecule has 2 heterocycles. The minimum atomic E-state index is -0.122. The Labute approximate surface area is 81.2 Å². The second-order valence-electron chi connectivity index (χ2n) is 2.96. The van der Waals surface area contributed by atoms with E-state index in [2.05, 4.69) is 9.98 Å². The number of nitrogens with zero attached hydrogens (tertiary/aromatic N) is 2. The molecule has 0 bridgehead atoms. The van der Waals surface area contributed by atoms with Gasteiger partial charge in [-0.15, -0.1) is 0 Å². The molecule has 0 saturated carbocycles. The third kappa shape index (κ3) is 1.54. The van der Waals surface area contributed by atoms with Gasteiger partial charge in [0, 0.05) is 18.0 Å². The standard InChI is InChI=1S/C10H9N3O/c11-8-5-9(13-6-10(8)14)7-1-3-12-4-2-7/h1-5H,6,11H2. The highest BCUT2D eigenvalue weighted by Crippen LogP contribution is 2.07. The van der Waals surface area contributed by atoms with Crippen LogP contribution in [0.3, 0.4) is 0 Å². The predicted octanol–water partition coefficient (Wildman–Crippen LogP) is 0.296. The van der Waals surface area contributed by atoms with E-state index in [1.807, 2.05) is 12.1 Å². The van der Waals surface area contributed by atoms with Crippen LogP contribution < -0.4 is 5.73 Å². The predicted molar refractivity (Wildman–Crippen MR) is 52.9 cm³/mol. The SMILES string of the molecule is NC1=CC(c2ccncc2)=NCC1=O. The highest BCUT2D eigenvalue weighted by molar-refractivity contribution is 6.16. The lowest BCUT2D eigenvalue weighted by Crippen LogP contribution is -2.21. The molecule has 0 fully saturated rings. The summed E-state index contributed by atoms with van der Waals surface area (Å²) in [6.07, 6.45) is 4.96. The Morgan fingerprint density at radius 1 is 1.29 bits per heavy atom. The number of dihydropyridines is 1. The average molecular weight is 187 g/mol. The van der Waals surface area contributed by atoms with Crippen LogP contribution in [0.2, 0.25) is 0 Å². The lowest BCUT2D eigenvalue weighted by molar-refractivity contribution is -0.114. The van der Waals surface area contributed by atoms with Gasteiger partial charge in [0.1, 0.15) is 6.54 Å². The first kappa shape index (κ1) is 8.62. The van der Waals surface area contributed by atoms with E-state index >= 15 is 0 Å². The summed E-state index contributed by atoms with van der Waals surface area (Å²) < 4.78 is 0. The van der Waals surface area contributed by atoms with Crippen LogP contribution >= 0.6 is 0 Å². The maximum absolute atomic E-state index is 11.1. The molecular formula is C10H9N3O. The highest BCUT2D eigenvalue weighted by atomic mass is 16.1. The molecule has 0 unspecified atom stereocenters. The van der Waals surface area contributed by atoms with Gasteiger partial charge in [-0.05, 0) is 18.2 Å². The number of allylic oxidation sites excluding steroid dienone is 1. The number of pyridine rings is 1. The Kier molecular flexibility index (Phi) is 2.10. The first-order valence-electron chi connectivity index (χ1n) is 4.22. The van der Waals surface area contributed by atoms with Gasteiger partial charge in [0.15, 0.2) is 5.78 Å². The molecule has 0 atom stereocenters. The molecule has 1 aliphatic rings. The number of nitrogens with two attached hydrogens (primary N) is 1. The quantitative estimate of drug-likeness (QED) is 0.687. The zero-order valence-corrected chi connectivity index (χ0v) is 7.47. The molecule has 0 saturated heterocycles. The van der Waals surface area contributed by atoms with Gasteiger partial charge in [0.05, 0.1) is 11.4 Å². The van der Waals surface area contributed by atoms with E-state index in [-0.39, 0.29) is 18.0 Å². The minimum absolute atomic E-state index is 0.122. The van der Waals surface area contributed by atoms with Crippen molar-refractivity contribution in [3.05, 3.63) is 41.9 Å². The number of Topliss-reactive ketones (excluding diaryl/α,β-unsaturated/α-hetero) is 1. The van der Waals surface area contributed by atoms with Crippen molar-refractivity contribution in [2.24, 2.45) is 10.7 Å². The maximum atomic E-state index is 11.1. The zero-order valence-electron chi connectivity index (χ0n) is 7.47. The number of rotatable bonds is 1. The van der Waals surface area contributed by atoms with E-state index in [9.17, 15) is 4.79 Å². The third-order valence-electron chi connectivity index (χ3n) is 1.98. The number of carbonyl (C=O) groups excluding carboxylic acids is 1. The summed E-state index contributed by atoms with van der Waals surface area (Å²) in [7, 11) is 0. The maximum Gasteiger partial charge on any atom is 0.199 e. The second kappa shape index (κ2) is 3.41. The monoisotopic (exact) mass is 187 g/mol. The second-order valence-corrected chi connectivity index (χ2v) is 2.96. The topological polar surface area (TPSA) is 68.3 Å². The fourth-order valence-corrected chi connectivity index (χ4v) is 1.22. The Morgan fingerprint density at radius 2 is 2.00 bits per heavy atom. The van der Waals surface area contributed by atoms with Crippen LogP contribution in [0.25, 0.3) is 0 Å². The molecule has 2 rings (SSSR count). The summed E-state index contributed by atoms with van der Waals surface area (Å²) in [4.78, 5) is 19.1. The van der Waals surface area contributed by atoms with Gasteiger partial charge in [-0.25, -0.2) is 0 Å². The minimum Gasteiger partial charge on any atom is -0.396 e. The van der Waals surface area contributed by atoms with Crippen molar-refractivity contribution < 1.29 is 4.79 Å². The van der Waals surface area contributed by atoms with Crippen LogP contribution in [0.15, 0.2) is 41.3 Å². The molecule has 0 spiro atoms. The van der Waals surface area contributed by atoms with Gasteiger partial charge in [0.2, 0.25) is 0 Å². The molecule has 4 heteroatoms. The van der Waals surface area contributed by atoms with Crippen LogP contribution in [0.1, 0.15) is 5.56 Å². The van der Waals surface area contributed by atoms with Crippen molar-refractivity contribution in [2.45, 2.75) is 0 Å². The number of hydrogen-bond acceptors (Lipinski definition) is 4. The first-order valence-corrected chi connectivity index (χ1v) is 4.22. The van der Waals surface area contributed by atoms with E-state index < -0.39 is 0 Å². The van der Waals surface area contributed by atoms with E-state index in [1.165, 1.54) is 0 Å². The smallest absolute Gasteiger partial charge is 0.199 e. The average Bonchev–Trinajstić information content (AvgIpc) is 2.23. The molecule has 0 radical (unpaired) electrons. The molecule has 0 aliphatic carbocycles. The zero-order chi connectivity index (χ0) is 9.97. The van der Waals surface area contributed by atoms with E-state index in [0.717, 1.165) is 11.3 Å². The van der Waals surface area contributed by atoms with Crippen LogP contribution in [0.5, 0.6) is 0 Å². The largest absolute Gasteiger partial charge is 0.396 e. The van der Waals surface area contributed by atoms with Crippen LogP contribution in [-0.2, 0) is 4.79 Å². The molecule has 0 amide bonds. The molecule has 1 aromatic heterocycles. The van der Waals surface area contributed by atoms with Gasteiger partial charge < -0.3 is 5.73 Å². The summed E-state index contributed by atoms with van der Waals surface area (Å²) in [6.45, 7) is 0.139. The van der Waals surface area contributed by atoms with Crippen LogP contribution in [0.4, 0.5) is 0 Å². The molecule has 0 aromatic carbocycles. The summed E-state index contributed by atoms with van der Waals surface area (Å²) in [5.41, 5.74) is 7.46. The number of hydrogen-bond donors (Lipinski definition) is 1. The van der Waals surface area contributed by atoms with Gasteiger partial charge in [-0.1, -0.05) is 0 Å². The fourth-order valence-electron chi connectivity index (χ4n) is 1.22. The fraction of sp³-hybridized carbons (Fsp3) is 0.100. The number of ketones is 1. The van der Waals surface area contributed by atoms with Crippen LogP contribution in [-0.4, -0.2) is 23.0 Å². The summed E-state index contributed by atoms with van der Waals surface area (Å²) in [5, 5.41) is 0. The highest BCUT2D eigenvalue weighted by Gasteiger charge is 2.12.